The van der Waals surface area contributed by atoms with Gasteiger partial charge in [0.1, 0.15) is 18.6 Å². The highest BCUT2D eigenvalue weighted by atomic mass is 127. The zero-order chi connectivity index (χ0) is 24.3. The van der Waals surface area contributed by atoms with Gasteiger partial charge in [0, 0.05) is 35.5 Å². The number of morpholine rings is 1. The molecular formula is C23H25F3IN4O2P. The number of hydrogen-bond donors (Lipinski definition) is 2. The molecule has 182 valence electrons. The van der Waals surface area contributed by atoms with Gasteiger partial charge in [-0.05, 0) is 86.7 Å². The van der Waals surface area contributed by atoms with Crippen LogP contribution >= 0.6 is 27.9 Å². The minimum atomic E-state index is -4.51. The molecule has 6 nitrogen and oxygen atoms in total. The highest BCUT2D eigenvalue weighted by molar-refractivity contribution is 14.2. The quantitative estimate of drug-likeness (QED) is 0.363. The SMILES string of the molecule is CP(C)(=O)c1ccc(NC2=NC(Nc3ccc(N4CCOCC4)cc3)=IC=C2C(F)(F)F)cc1. The van der Waals surface area contributed by atoms with E-state index in [-0.39, 0.29) is 5.84 Å². The fourth-order valence-corrected chi connectivity index (χ4v) is 6.39. The third-order valence-corrected chi connectivity index (χ3v) is 8.86. The largest absolute Gasteiger partial charge is 0.420 e. The molecule has 0 amide bonds. The average Bonchev–Trinajstić information content (AvgIpc) is 2.79. The van der Waals surface area contributed by atoms with E-state index in [2.05, 4.69) is 20.5 Å². The molecule has 1 saturated heterocycles. The predicted molar refractivity (Wildman–Crippen MR) is 143 cm³/mol. The van der Waals surface area contributed by atoms with Crippen LogP contribution < -0.4 is 20.8 Å². The zero-order valence-electron chi connectivity index (χ0n) is 18.7. The highest BCUT2D eigenvalue weighted by Crippen LogP contribution is 2.35. The first-order valence-electron chi connectivity index (χ1n) is 10.6. The maximum atomic E-state index is 13.6. The van der Waals surface area contributed by atoms with Crippen LogP contribution in [0.3, 0.4) is 0 Å². The summed E-state index contributed by atoms with van der Waals surface area (Å²) in [7, 11) is -2.45. The summed E-state index contributed by atoms with van der Waals surface area (Å²) in [5.74, 6) is -0.255. The Bertz CT molecular complexity index is 1170. The van der Waals surface area contributed by atoms with Gasteiger partial charge in [0.2, 0.25) is 0 Å². The molecule has 1 fully saturated rings. The van der Waals surface area contributed by atoms with Crippen molar-refractivity contribution in [2.75, 3.05) is 55.2 Å². The van der Waals surface area contributed by atoms with Crippen molar-refractivity contribution in [1.82, 2.24) is 0 Å². The van der Waals surface area contributed by atoms with Crippen LogP contribution in [-0.2, 0) is 9.30 Å². The molecule has 0 radical (unpaired) electrons. The minimum Gasteiger partial charge on any atom is -0.378 e. The van der Waals surface area contributed by atoms with Gasteiger partial charge in [-0.3, -0.25) is 0 Å². The Morgan fingerprint density at radius 2 is 1.56 bits per heavy atom. The van der Waals surface area contributed by atoms with E-state index in [4.69, 9.17) is 4.74 Å². The number of amidine groups is 1. The number of anilines is 3. The van der Waals surface area contributed by atoms with Crippen LogP contribution in [0.25, 0.3) is 0 Å². The summed E-state index contributed by atoms with van der Waals surface area (Å²) in [6.07, 6.45) is -4.51. The highest BCUT2D eigenvalue weighted by Gasteiger charge is 2.38. The summed E-state index contributed by atoms with van der Waals surface area (Å²) in [4.78, 5) is 6.52. The molecule has 34 heavy (non-hydrogen) atoms. The van der Waals surface area contributed by atoms with E-state index in [1.807, 2.05) is 24.3 Å². The van der Waals surface area contributed by atoms with Crippen LogP contribution in [0.15, 0.2) is 63.2 Å². The van der Waals surface area contributed by atoms with Crippen LogP contribution in [0.5, 0.6) is 0 Å². The molecule has 11 heteroatoms. The van der Waals surface area contributed by atoms with Crippen molar-refractivity contribution in [2.45, 2.75) is 6.18 Å². The Balaban J connectivity index is 1.52. The lowest BCUT2D eigenvalue weighted by atomic mass is 10.2. The molecule has 0 atom stereocenters. The number of rotatable bonds is 5. The van der Waals surface area contributed by atoms with Crippen molar-refractivity contribution < 1.29 is 22.5 Å². The summed E-state index contributed by atoms with van der Waals surface area (Å²) in [5, 5.41) is 6.63. The first kappa shape index (κ1) is 24.9. The van der Waals surface area contributed by atoms with Crippen LogP contribution in [0.4, 0.5) is 30.2 Å². The van der Waals surface area contributed by atoms with Crippen molar-refractivity contribution in [2.24, 2.45) is 4.99 Å². The molecule has 2 N–H and O–H groups in total. The fraction of sp³-hybridized carbons (Fsp3) is 0.304. The van der Waals surface area contributed by atoms with Gasteiger partial charge >= 0.3 is 6.18 Å². The van der Waals surface area contributed by atoms with Gasteiger partial charge in [0.15, 0.2) is 3.76 Å². The fourth-order valence-electron chi connectivity index (χ4n) is 3.42. The van der Waals surface area contributed by atoms with Gasteiger partial charge in [0.25, 0.3) is 0 Å². The summed E-state index contributed by atoms with van der Waals surface area (Å²) in [6, 6.07) is 14.3. The number of aliphatic imine (C=N–C) groups is 1. The van der Waals surface area contributed by atoms with Crippen LogP contribution in [0.1, 0.15) is 0 Å². The molecule has 0 aromatic heterocycles. The van der Waals surface area contributed by atoms with Crippen LogP contribution in [-0.4, -0.2) is 55.4 Å². The van der Waals surface area contributed by atoms with E-state index < -0.39 is 39.6 Å². The van der Waals surface area contributed by atoms with Gasteiger partial charge < -0.3 is 24.8 Å². The molecular weight excluding hydrogens is 579 g/mol. The van der Waals surface area contributed by atoms with Crippen molar-refractivity contribution in [3.8, 4) is 0 Å². The van der Waals surface area contributed by atoms with Crippen molar-refractivity contribution in [1.29, 1.82) is 0 Å². The molecule has 0 aliphatic carbocycles. The Hall–Kier alpha value is -2.17. The van der Waals surface area contributed by atoms with Gasteiger partial charge in [-0.1, -0.05) is 0 Å². The van der Waals surface area contributed by atoms with Gasteiger partial charge in [0.05, 0.1) is 13.2 Å². The lowest BCUT2D eigenvalue weighted by molar-refractivity contribution is -0.0857. The standard InChI is InChI=1S/C23H25F3IN4O2P/c1-34(2,32)19-9-5-16(6-10-19)28-21-20(23(24,25)26)15-27-22(30-21)29-17-3-7-18(8-4-17)31-11-13-33-14-12-31/h3-10,15H,11-14H2,1-2H3,(H2,28,29,30). The zero-order valence-corrected chi connectivity index (χ0v) is 21.7. The van der Waals surface area contributed by atoms with Gasteiger partial charge in [-0.2, -0.15) is 13.2 Å². The number of nitrogens with zero attached hydrogens (tertiary/aromatic N) is 2. The second-order valence-corrected chi connectivity index (χ2v) is 13.7. The summed E-state index contributed by atoms with van der Waals surface area (Å²) < 4.78 is 60.2. The van der Waals surface area contributed by atoms with E-state index in [1.165, 1.54) is 4.08 Å². The topological polar surface area (TPSA) is 66.0 Å². The summed E-state index contributed by atoms with van der Waals surface area (Å²) in [5.41, 5.74) is 1.52. The predicted octanol–water partition coefficient (Wildman–Crippen LogP) is 5.21. The number of alkyl halides is 3. The van der Waals surface area contributed by atoms with Crippen LogP contribution in [0.2, 0.25) is 0 Å². The van der Waals surface area contributed by atoms with Crippen molar-refractivity contribution >= 4 is 59.8 Å². The Labute approximate surface area is 206 Å². The number of ether oxygens (including phenoxy) is 1. The van der Waals surface area contributed by atoms with E-state index >= 15 is 0 Å². The number of benzene rings is 2. The Morgan fingerprint density at radius 1 is 0.971 bits per heavy atom. The molecule has 0 bridgehead atoms. The van der Waals surface area contributed by atoms with E-state index in [9.17, 15) is 17.7 Å². The first-order valence-corrected chi connectivity index (χ1v) is 15.5. The smallest absolute Gasteiger partial charge is 0.378 e. The van der Waals surface area contributed by atoms with Crippen LogP contribution in [0, 0.1) is 0 Å². The average molecular weight is 604 g/mol. The maximum Gasteiger partial charge on any atom is 0.420 e. The molecule has 0 unspecified atom stereocenters. The Kier molecular flexibility index (Phi) is 7.49. The molecule has 4 rings (SSSR count). The minimum absolute atomic E-state index is 0.255. The number of hydrogen-bond acceptors (Lipinski definition) is 6. The van der Waals surface area contributed by atoms with E-state index in [0.29, 0.717) is 28.0 Å². The molecule has 2 aliphatic rings. The third-order valence-electron chi connectivity index (χ3n) is 5.28. The van der Waals surface area contributed by atoms with E-state index in [0.717, 1.165) is 24.5 Å². The lowest BCUT2D eigenvalue weighted by Crippen LogP contribution is -2.36. The van der Waals surface area contributed by atoms with Gasteiger partial charge in [-0.15, -0.1) is 0 Å². The summed E-state index contributed by atoms with van der Waals surface area (Å²) in [6.45, 7) is 6.34. The molecule has 2 aromatic carbocycles. The lowest BCUT2D eigenvalue weighted by Gasteiger charge is -2.29. The van der Waals surface area contributed by atoms with Crippen molar-refractivity contribution in [3.05, 3.63) is 58.2 Å². The normalized spacial score (nSPS) is 17.2. The number of halogens is 4. The second-order valence-electron chi connectivity index (χ2n) is 8.17. The monoisotopic (exact) mass is 604 g/mol. The summed E-state index contributed by atoms with van der Waals surface area (Å²) >= 11 is -1.10. The van der Waals surface area contributed by atoms with E-state index in [1.54, 1.807) is 37.6 Å². The molecule has 0 spiro atoms. The van der Waals surface area contributed by atoms with Crippen molar-refractivity contribution in [3.63, 3.8) is 0 Å². The first-order chi connectivity index (χ1) is 16.1. The Morgan fingerprint density at radius 3 is 2.15 bits per heavy atom. The van der Waals surface area contributed by atoms with Gasteiger partial charge in [-0.25, -0.2) is 4.99 Å². The molecule has 0 saturated carbocycles. The molecule has 2 heterocycles. The third kappa shape index (κ3) is 6.28. The number of nitrogens with one attached hydrogen (secondary N) is 2. The molecule has 2 aliphatic heterocycles. The molecule has 2 aromatic rings. The maximum absolute atomic E-state index is 13.6. The second kappa shape index (κ2) is 10.2.